The highest BCUT2D eigenvalue weighted by atomic mass is 15.1. The molecule has 3 heteroatoms. The van der Waals surface area contributed by atoms with Gasteiger partial charge in [0.1, 0.15) is 0 Å². The Morgan fingerprint density at radius 1 is 1.28 bits per heavy atom. The molecule has 0 aliphatic carbocycles. The van der Waals surface area contributed by atoms with Crippen LogP contribution in [-0.4, -0.2) is 62.7 Å². The zero-order valence-corrected chi connectivity index (χ0v) is 13.2. The predicted molar refractivity (Wildman–Crippen MR) is 80.0 cm³/mol. The second-order valence-electron chi connectivity index (χ2n) is 6.73. The minimum atomic E-state index is 0.599. The molecule has 0 amide bonds. The summed E-state index contributed by atoms with van der Waals surface area (Å²) in [5.74, 6) is 1.50. The van der Waals surface area contributed by atoms with E-state index < -0.39 is 0 Å². The molecule has 3 nitrogen and oxygen atoms in total. The Balaban J connectivity index is 2.46. The minimum absolute atomic E-state index is 0.599. The highest BCUT2D eigenvalue weighted by Gasteiger charge is 2.25. The normalized spacial score (nSPS) is 25.7. The van der Waals surface area contributed by atoms with Crippen molar-refractivity contribution in [2.24, 2.45) is 11.8 Å². The quantitative estimate of drug-likeness (QED) is 0.782. The molecule has 0 aromatic heterocycles. The van der Waals surface area contributed by atoms with E-state index in [0.29, 0.717) is 18.0 Å². The van der Waals surface area contributed by atoms with Gasteiger partial charge in [-0.25, -0.2) is 0 Å². The van der Waals surface area contributed by atoms with Gasteiger partial charge in [0.2, 0.25) is 0 Å². The number of nitrogens with zero attached hydrogens (tertiary/aromatic N) is 2. The number of rotatable bonds is 6. The Morgan fingerprint density at radius 2 is 1.94 bits per heavy atom. The number of piperidine rings is 1. The van der Waals surface area contributed by atoms with Crippen molar-refractivity contribution >= 4 is 0 Å². The van der Waals surface area contributed by atoms with Gasteiger partial charge in [-0.1, -0.05) is 13.8 Å². The van der Waals surface area contributed by atoms with Crippen molar-refractivity contribution in [2.75, 3.05) is 40.8 Å². The molecule has 1 fully saturated rings. The molecule has 18 heavy (non-hydrogen) atoms. The van der Waals surface area contributed by atoms with Gasteiger partial charge in [0.05, 0.1) is 0 Å². The van der Waals surface area contributed by atoms with Gasteiger partial charge in [-0.2, -0.15) is 0 Å². The lowest BCUT2D eigenvalue weighted by atomic mass is 9.90. The second kappa shape index (κ2) is 7.46. The summed E-state index contributed by atoms with van der Waals surface area (Å²) >= 11 is 0. The molecule has 0 radical (unpaired) electrons. The first-order valence-corrected chi connectivity index (χ1v) is 7.49. The van der Waals surface area contributed by atoms with E-state index >= 15 is 0 Å². The third kappa shape index (κ3) is 5.25. The average molecular weight is 255 g/mol. The maximum atomic E-state index is 3.87. The fraction of sp³-hybridized carbons (Fsp3) is 1.00. The van der Waals surface area contributed by atoms with Crippen LogP contribution in [0.25, 0.3) is 0 Å². The van der Waals surface area contributed by atoms with Gasteiger partial charge in [-0.15, -0.1) is 0 Å². The molecule has 3 unspecified atom stereocenters. The van der Waals surface area contributed by atoms with Crippen molar-refractivity contribution in [1.29, 1.82) is 0 Å². The fourth-order valence-corrected chi connectivity index (χ4v) is 2.94. The molecule has 0 spiro atoms. The molecule has 0 aromatic carbocycles. The minimum Gasteiger partial charge on any atom is -0.310 e. The second-order valence-corrected chi connectivity index (χ2v) is 6.73. The van der Waals surface area contributed by atoms with Gasteiger partial charge >= 0.3 is 0 Å². The summed E-state index contributed by atoms with van der Waals surface area (Å²) in [4.78, 5) is 4.76. The standard InChI is InChI=1S/C15H33N3/c1-12(2)15(11-17(4)5)16-13(3)14-8-7-9-18(6)10-14/h12-16H,7-11H2,1-6H3. The molecule has 108 valence electrons. The van der Waals surface area contributed by atoms with Crippen LogP contribution in [0.1, 0.15) is 33.6 Å². The SMILES string of the molecule is CC(C)C(CN(C)C)NC(C)C1CCCN(C)C1. The van der Waals surface area contributed by atoms with Gasteiger partial charge in [0.15, 0.2) is 0 Å². The summed E-state index contributed by atoms with van der Waals surface area (Å²) in [7, 11) is 6.57. The van der Waals surface area contributed by atoms with E-state index in [-0.39, 0.29) is 0 Å². The molecule has 1 heterocycles. The lowest BCUT2D eigenvalue weighted by Crippen LogP contribution is -2.51. The Bertz CT molecular complexity index is 228. The average Bonchev–Trinajstić information content (AvgIpc) is 2.27. The van der Waals surface area contributed by atoms with Crippen molar-refractivity contribution in [3.05, 3.63) is 0 Å². The van der Waals surface area contributed by atoms with Gasteiger partial charge in [-0.3, -0.25) is 0 Å². The Hall–Kier alpha value is -0.120. The molecule has 1 N–H and O–H groups in total. The van der Waals surface area contributed by atoms with Crippen molar-refractivity contribution in [2.45, 2.75) is 45.7 Å². The maximum Gasteiger partial charge on any atom is 0.0220 e. The highest BCUT2D eigenvalue weighted by molar-refractivity contribution is 4.83. The predicted octanol–water partition coefficient (Wildman–Crippen LogP) is 1.89. The molecule has 1 saturated heterocycles. The van der Waals surface area contributed by atoms with E-state index in [0.717, 1.165) is 12.5 Å². The van der Waals surface area contributed by atoms with Crippen LogP contribution in [0, 0.1) is 11.8 Å². The smallest absolute Gasteiger partial charge is 0.0220 e. The summed E-state index contributed by atoms with van der Waals surface area (Å²) in [5.41, 5.74) is 0. The monoisotopic (exact) mass is 255 g/mol. The van der Waals surface area contributed by atoms with E-state index in [9.17, 15) is 0 Å². The molecule has 0 bridgehead atoms. The van der Waals surface area contributed by atoms with Crippen molar-refractivity contribution < 1.29 is 0 Å². The summed E-state index contributed by atoms with van der Waals surface area (Å²) in [5, 5.41) is 3.87. The summed E-state index contributed by atoms with van der Waals surface area (Å²) in [6.07, 6.45) is 2.73. The van der Waals surface area contributed by atoms with Crippen molar-refractivity contribution in [1.82, 2.24) is 15.1 Å². The van der Waals surface area contributed by atoms with Crippen LogP contribution in [0.5, 0.6) is 0 Å². The number of hydrogen-bond acceptors (Lipinski definition) is 3. The van der Waals surface area contributed by atoms with Crippen LogP contribution in [0.4, 0.5) is 0 Å². The lowest BCUT2D eigenvalue weighted by molar-refractivity contribution is 0.161. The summed E-state index contributed by atoms with van der Waals surface area (Å²) in [6, 6.07) is 1.22. The first-order valence-electron chi connectivity index (χ1n) is 7.49. The molecule has 3 atom stereocenters. The first-order chi connectivity index (χ1) is 8.40. The van der Waals surface area contributed by atoms with Crippen molar-refractivity contribution in [3.8, 4) is 0 Å². The number of hydrogen-bond donors (Lipinski definition) is 1. The van der Waals surface area contributed by atoms with Crippen LogP contribution in [0.3, 0.4) is 0 Å². The van der Waals surface area contributed by atoms with E-state index in [4.69, 9.17) is 0 Å². The molecular weight excluding hydrogens is 222 g/mol. The Morgan fingerprint density at radius 3 is 2.44 bits per heavy atom. The maximum absolute atomic E-state index is 3.87. The lowest BCUT2D eigenvalue weighted by Gasteiger charge is -2.37. The largest absolute Gasteiger partial charge is 0.310 e. The summed E-state index contributed by atoms with van der Waals surface area (Å²) in [6.45, 7) is 10.7. The van der Waals surface area contributed by atoms with Crippen molar-refractivity contribution in [3.63, 3.8) is 0 Å². The zero-order chi connectivity index (χ0) is 13.7. The number of nitrogens with one attached hydrogen (secondary N) is 1. The molecule has 1 aliphatic rings. The molecule has 0 saturated carbocycles. The van der Waals surface area contributed by atoms with Crippen LogP contribution in [0.2, 0.25) is 0 Å². The molecule has 0 aromatic rings. The van der Waals surface area contributed by atoms with E-state index in [2.05, 4.69) is 57.0 Å². The molecule has 1 rings (SSSR count). The number of likely N-dealkylation sites (N-methyl/N-ethyl adjacent to an activating group) is 1. The van der Waals surface area contributed by atoms with Crippen LogP contribution < -0.4 is 5.32 Å². The molecule has 1 aliphatic heterocycles. The van der Waals surface area contributed by atoms with E-state index in [1.54, 1.807) is 0 Å². The first kappa shape index (κ1) is 15.9. The van der Waals surface area contributed by atoms with E-state index in [1.165, 1.54) is 25.9 Å². The van der Waals surface area contributed by atoms with Gasteiger partial charge < -0.3 is 15.1 Å². The Kier molecular flexibility index (Phi) is 6.61. The van der Waals surface area contributed by atoms with Crippen LogP contribution in [0.15, 0.2) is 0 Å². The zero-order valence-electron chi connectivity index (χ0n) is 13.2. The third-order valence-electron chi connectivity index (χ3n) is 4.21. The van der Waals surface area contributed by atoms with Gasteiger partial charge in [0.25, 0.3) is 0 Å². The van der Waals surface area contributed by atoms with Gasteiger partial charge in [0, 0.05) is 25.2 Å². The highest BCUT2D eigenvalue weighted by Crippen LogP contribution is 2.19. The number of likely N-dealkylation sites (tertiary alicyclic amines) is 1. The van der Waals surface area contributed by atoms with E-state index in [1.807, 2.05) is 0 Å². The van der Waals surface area contributed by atoms with Crippen LogP contribution >= 0.6 is 0 Å². The molecular formula is C15H33N3. The topological polar surface area (TPSA) is 18.5 Å². The third-order valence-corrected chi connectivity index (χ3v) is 4.21. The summed E-state index contributed by atoms with van der Waals surface area (Å²) < 4.78 is 0. The van der Waals surface area contributed by atoms with Crippen LogP contribution in [-0.2, 0) is 0 Å². The van der Waals surface area contributed by atoms with Gasteiger partial charge in [-0.05, 0) is 59.3 Å². The Labute approximate surface area is 114 Å². The fourth-order valence-electron chi connectivity index (χ4n) is 2.94.